The third-order valence-electron chi connectivity index (χ3n) is 5.69. The van der Waals surface area contributed by atoms with Crippen LogP contribution >= 0.6 is 0 Å². The number of rotatable bonds is 10. The number of amides is 2. The number of amidine groups is 1. The Morgan fingerprint density at radius 2 is 1.91 bits per heavy atom. The Morgan fingerprint density at radius 3 is 2.56 bits per heavy atom. The third kappa shape index (κ3) is 6.25. The molecule has 0 saturated carbocycles. The van der Waals surface area contributed by atoms with E-state index in [4.69, 9.17) is 9.47 Å². The summed E-state index contributed by atoms with van der Waals surface area (Å²) in [6.45, 7) is 6.40. The number of hydrogen-bond donors (Lipinski definition) is 1. The summed E-state index contributed by atoms with van der Waals surface area (Å²) in [6, 6.07) is 14.6. The SMILES string of the molecule is CCCCC(CC)COc1ccc(C=C2C(=O)N(c3ccccc3)N=C2NC(C)=O)cc1OC. The maximum Gasteiger partial charge on any atom is 0.282 e. The second-order valence-electron chi connectivity index (χ2n) is 8.28. The van der Waals surface area contributed by atoms with Gasteiger partial charge in [0.25, 0.3) is 5.91 Å². The van der Waals surface area contributed by atoms with Crippen molar-refractivity contribution in [3.8, 4) is 11.5 Å². The van der Waals surface area contributed by atoms with Gasteiger partial charge in [-0.3, -0.25) is 9.59 Å². The molecule has 0 aromatic heterocycles. The Kier molecular flexibility index (Phi) is 8.85. The lowest BCUT2D eigenvalue weighted by molar-refractivity contribution is -0.117. The summed E-state index contributed by atoms with van der Waals surface area (Å²) in [6.07, 6.45) is 6.27. The van der Waals surface area contributed by atoms with E-state index in [1.807, 2.05) is 36.4 Å². The zero-order valence-electron chi connectivity index (χ0n) is 20.3. The molecule has 0 bridgehead atoms. The summed E-state index contributed by atoms with van der Waals surface area (Å²) in [5, 5.41) is 8.29. The third-order valence-corrected chi connectivity index (χ3v) is 5.69. The smallest absolute Gasteiger partial charge is 0.282 e. The highest BCUT2D eigenvalue weighted by Gasteiger charge is 2.32. The molecule has 0 aliphatic carbocycles. The van der Waals surface area contributed by atoms with Gasteiger partial charge in [0.1, 0.15) is 0 Å². The van der Waals surface area contributed by atoms with Gasteiger partial charge in [-0.15, -0.1) is 5.10 Å². The topological polar surface area (TPSA) is 80.2 Å². The summed E-state index contributed by atoms with van der Waals surface area (Å²) >= 11 is 0. The van der Waals surface area contributed by atoms with E-state index < -0.39 is 0 Å². The van der Waals surface area contributed by atoms with Crippen molar-refractivity contribution in [2.45, 2.75) is 46.5 Å². The van der Waals surface area contributed by atoms with Crippen LogP contribution in [0.5, 0.6) is 11.5 Å². The fourth-order valence-electron chi connectivity index (χ4n) is 3.71. The molecule has 2 amide bonds. The number of unbranched alkanes of at least 4 members (excludes halogenated alkanes) is 1. The number of hydrazone groups is 1. The van der Waals surface area contributed by atoms with Crippen LogP contribution < -0.4 is 19.8 Å². The van der Waals surface area contributed by atoms with Crippen LogP contribution in [-0.4, -0.2) is 31.4 Å². The van der Waals surface area contributed by atoms with Gasteiger partial charge in [0.05, 0.1) is 25.0 Å². The number of anilines is 1. The van der Waals surface area contributed by atoms with Crippen LogP contribution in [0.25, 0.3) is 6.08 Å². The van der Waals surface area contributed by atoms with Crippen LogP contribution in [0.4, 0.5) is 5.69 Å². The molecule has 2 aromatic carbocycles. The number of nitrogens with one attached hydrogen (secondary N) is 1. The van der Waals surface area contributed by atoms with Gasteiger partial charge in [-0.05, 0) is 48.2 Å². The van der Waals surface area contributed by atoms with E-state index in [2.05, 4.69) is 24.3 Å². The standard InChI is InChI=1S/C27H33N3O4/c1-5-7-11-20(6-2)18-34-24-15-14-21(17-25(24)33-4)16-23-26(28-19(3)31)29-30(27(23)32)22-12-9-8-10-13-22/h8-10,12-17,20H,5-7,11,18H2,1-4H3,(H,28,29,31). The normalized spacial score (nSPS) is 15.3. The van der Waals surface area contributed by atoms with Gasteiger partial charge < -0.3 is 14.8 Å². The van der Waals surface area contributed by atoms with E-state index in [1.54, 1.807) is 25.3 Å². The second-order valence-corrected chi connectivity index (χ2v) is 8.28. The highest BCUT2D eigenvalue weighted by atomic mass is 16.5. The van der Waals surface area contributed by atoms with E-state index in [9.17, 15) is 9.59 Å². The summed E-state index contributed by atoms with van der Waals surface area (Å²) in [5.74, 6) is 1.34. The molecule has 0 spiro atoms. The molecule has 0 radical (unpaired) electrons. The molecule has 180 valence electrons. The van der Waals surface area contributed by atoms with Gasteiger partial charge in [-0.25, -0.2) is 0 Å². The molecule has 1 aliphatic heterocycles. The maximum absolute atomic E-state index is 13.2. The number of benzene rings is 2. The lowest BCUT2D eigenvalue weighted by Gasteiger charge is -2.17. The first-order chi connectivity index (χ1) is 16.5. The Hall–Kier alpha value is -3.61. The Labute approximate surface area is 201 Å². The van der Waals surface area contributed by atoms with Crippen LogP contribution in [-0.2, 0) is 9.59 Å². The van der Waals surface area contributed by atoms with Crippen molar-refractivity contribution in [2.75, 3.05) is 18.7 Å². The first-order valence-corrected chi connectivity index (χ1v) is 11.7. The van der Waals surface area contributed by atoms with Crippen molar-refractivity contribution in [3.05, 3.63) is 59.7 Å². The summed E-state index contributed by atoms with van der Waals surface area (Å²) in [5.41, 5.74) is 1.65. The van der Waals surface area contributed by atoms with Crippen LogP contribution in [0, 0.1) is 5.92 Å². The molecule has 1 unspecified atom stereocenters. The number of carbonyl (C=O) groups excluding carboxylic acids is 2. The summed E-state index contributed by atoms with van der Waals surface area (Å²) in [7, 11) is 1.59. The van der Waals surface area contributed by atoms with Gasteiger partial charge >= 0.3 is 0 Å². The fourth-order valence-corrected chi connectivity index (χ4v) is 3.71. The first kappa shape index (κ1) is 25.0. The van der Waals surface area contributed by atoms with Crippen LogP contribution in [0.1, 0.15) is 52.0 Å². The van der Waals surface area contributed by atoms with Crippen LogP contribution in [0.3, 0.4) is 0 Å². The molecule has 34 heavy (non-hydrogen) atoms. The number of carbonyl (C=O) groups is 2. The minimum atomic E-state index is -0.323. The monoisotopic (exact) mass is 463 g/mol. The molecule has 2 aromatic rings. The van der Waals surface area contributed by atoms with Crippen molar-refractivity contribution in [1.29, 1.82) is 0 Å². The molecule has 0 saturated heterocycles. The second kappa shape index (κ2) is 12.0. The average molecular weight is 464 g/mol. The predicted molar refractivity (Wildman–Crippen MR) is 135 cm³/mol. The lowest BCUT2D eigenvalue weighted by atomic mass is 10.0. The Bertz CT molecular complexity index is 1060. The summed E-state index contributed by atoms with van der Waals surface area (Å²) < 4.78 is 11.6. The van der Waals surface area contributed by atoms with Crippen LogP contribution in [0.2, 0.25) is 0 Å². The minimum Gasteiger partial charge on any atom is -0.493 e. The van der Waals surface area contributed by atoms with Crippen molar-refractivity contribution in [3.63, 3.8) is 0 Å². The molecule has 7 nitrogen and oxygen atoms in total. The Balaban J connectivity index is 1.84. The molecule has 3 rings (SSSR count). The van der Waals surface area contributed by atoms with Gasteiger partial charge in [0.15, 0.2) is 17.3 Å². The molecule has 1 aliphatic rings. The van der Waals surface area contributed by atoms with E-state index in [0.29, 0.717) is 35.3 Å². The van der Waals surface area contributed by atoms with Gasteiger partial charge in [-0.2, -0.15) is 5.01 Å². The molecular weight excluding hydrogens is 430 g/mol. The number of methoxy groups -OCH3 is 1. The molecule has 1 atom stereocenters. The number of hydrogen-bond acceptors (Lipinski definition) is 5. The van der Waals surface area contributed by atoms with E-state index >= 15 is 0 Å². The molecule has 1 N–H and O–H groups in total. The number of para-hydroxylation sites is 1. The van der Waals surface area contributed by atoms with Gasteiger partial charge in [-0.1, -0.05) is 57.4 Å². The minimum absolute atomic E-state index is 0.211. The first-order valence-electron chi connectivity index (χ1n) is 11.7. The molecule has 0 fully saturated rings. The van der Waals surface area contributed by atoms with E-state index in [-0.39, 0.29) is 17.6 Å². The lowest BCUT2D eigenvalue weighted by Crippen LogP contribution is -2.29. The van der Waals surface area contributed by atoms with Crippen molar-refractivity contribution in [2.24, 2.45) is 11.0 Å². The number of nitrogens with zero attached hydrogens (tertiary/aromatic N) is 2. The molecule has 1 heterocycles. The highest BCUT2D eigenvalue weighted by Crippen LogP contribution is 2.31. The zero-order chi connectivity index (χ0) is 24.5. The fraction of sp³-hybridized carbons (Fsp3) is 0.370. The quantitative estimate of drug-likeness (QED) is 0.493. The molecule has 7 heteroatoms. The van der Waals surface area contributed by atoms with Crippen molar-refractivity contribution in [1.82, 2.24) is 5.32 Å². The highest BCUT2D eigenvalue weighted by molar-refractivity contribution is 6.34. The average Bonchev–Trinajstić information content (AvgIpc) is 3.14. The Morgan fingerprint density at radius 1 is 1.15 bits per heavy atom. The van der Waals surface area contributed by atoms with Crippen molar-refractivity contribution >= 4 is 29.4 Å². The maximum atomic E-state index is 13.2. The molecular formula is C27H33N3O4. The summed E-state index contributed by atoms with van der Waals surface area (Å²) in [4.78, 5) is 24.9. The van der Waals surface area contributed by atoms with Gasteiger partial charge in [0, 0.05) is 6.92 Å². The van der Waals surface area contributed by atoms with Gasteiger partial charge in [0.2, 0.25) is 5.91 Å². The van der Waals surface area contributed by atoms with Crippen molar-refractivity contribution < 1.29 is 19.1 Å². The number of ether oxygens (including phenoxy) is 2. The zero-order valence-corrected chi connectivity index (χ0v) is 20.3. The van der Waals surface area contributed by atoms with E-state index in [0.717, 1.165) is 18.4 Å². The largest absolute Gasteiger partial charge is 0.493 e. The predicted octanol–water partition coefficient (Wildman–Crippen LogP) is 5.17. The van der Waals surface area contributed by atoms with E-state index in [1.165, 1.54) is 24.8 Å². The van der Waals surface area contributed by atoms with Crippen LogP contribution in [0.15, 0.2) is 59.2 Å².